The Morgan fingerprint density at radius 1 is 1.03 bits per heavy atom. The standard InChI is InChI=1S/C26H27NO4/c1-28-23-12-18(13-24(29-2)25(23)30-3)15-27-16-20-9-4-6-10-21(20)26(17-27)14-19-8-5-7-11-22(19)31-26/h4-8,10-13,16H,9,14-15,17H2,1-3H3. The fraction of sp³-hybridized carbons (Fsp3) is 0.308. The monoisotopic (exact) mass is 417 g/mol. The Labute approximate surface area is 183 Å². The molecule has 0 saturated carbocycles. The summed E-state index contributed by atoms with van der Waals surface area (Å²) in [5, 5.41) is 0. The lowest BCUT2D eigenvalue weighted by Gasteiger charge is -2.42. The van der Waals surface area contributed by atoms with E-state index in [0.29, 0.717) is 17.2 Å². The van der Waals surface area contributed by atoms with Crippen molar-refractivity contribution in [3.8, 4) is 23.0 Å². The Morgan fingerprint density at radius 2 is 1.81 bits per heavy atom. The summed E-state index contributed by atoms with van der Waals surface area (Å²) in [6, 6.07) is 12.4. The summed E-state index contributed by atoms with van der Waals surface area (Å²) in [5.41, 5.74) is 4.61. The van der Waals surface area contributed by atoms with Crippen LogP contribution in [0.15, 0.2) is 72.0 Å². The lowest BCUT2D eigenvalue weighted by Crippen LogP contribution is -2.50. The number of benzene rings is 2. The van der Waals surface area contributed by atoms with E-state index in [1.807, 2.05) is 18.2 Å². The summed E-state index contributed by atoms with van der Waals surface area (Å²) in [6.45, 7) is 1.50. The Hall–Kier alpha value is -3.34. The number of hydrogen-bond acceptors (Lipinski definition) is 5. The highest BCUT2D eigenvalue weighted by Gasteiger charge is 2.47. The summed E-state index contributed by atoms with van der Waals surface area (Å²) in [7, 11) is 4.92. The van der Waals surface area contributed by atoms with Gasteiger partial charge in [0, 0.05) is 24.7 Å². The minimum Gasteiger partial charge on any atom is -0.493 e. The van der Waals surface area contributed by atoms with Gasteiger partial charge in [-0.25, -0.2) is 0 Å². The van der Waals surface area contributed by atoms with Crippen molar-refractivity contribution in [1.82, 2.24) is 4.90 Å². The first-order valence-corrected chi connectivity index (χ1v) is 10.5. The van der Waals surface area contributed by atoms with Crippen molar-refractivity contribution in [2.24, 2.45) is 0 Å². The zero-order valence-electron chi connectivity index (χ0n) is 18.2. The van der Waals surface area contributed by atoms with Crippen molar-refractivity contribution in [2.45, 2.75) is 25.0 Å². The molecule has 2 heterocycles. The topological polar surface area (TPSA) is 40.2 Å². The van der Waals surface area contributed by atoms with Crippen LogP contribution in [0.3, 0.4) is 0 Å². The van der Waals surface area contributed by atoms with E-state index in [4.69, 9.17) is 18.9 Å². The van der Waals surface area contributed by atoms with Gasteiger partial charge in [0.1, 0.15) is 5.75 Å². The fourth-order valence-electron chi connectivity index (χ4n) is 4.93. The third kappa shape index (κ3) is 3.34. The summed E-state index contributed by atoms with van der Waals surface area (Å²) in [4.78, 5) is 2.35. The van der Waals surface area contributed by atoms with E-state index in [1.165, 1.54) is 16.7 Å². The summed E-state index contributed by atoms with van der Waals surface area (Å²) in [5.74, 6) is 2.94. The Bertz CT molecular complexity index is 1050. The molecule has 0 aromatic heterocycles. The van der Waals surface area contributed by atoms with E-state index in [2.05, 4.69) is 47.5 Å². The average molecular weight is 418 g/mol. The van der Waals surface area contributed by atoms with Crippen molar-refractivity contribution < 1.29 is 18.9 Å². The Kier molecular flexibility index (Phi) is 4.89. The first kappa shape index (κ1) is 19.6. The van der Waals surface area contributed by atoms with Gasteiger partial charge in [0.05, 0.1) is 27.9 Å². The van der Waals surface area contributed by atoms with Crippen LogP contribution in [-0.2, 0) is 13.0 Å². The molecule has 5 rings (SSSR count). The molecular formula is C26H27NO4. The number of rotatable bonds is 5. The minimum absolute atomic E-state index is 0.362. The molecule has 0 fully saturated rings. The summed E-state index contributed by atoms with van der Waals surface area (Å²) >= 11 is 0. The molecule has 5 nitrogen and oxygen atoms in total. The van der Waals surface area contributed by atoms with Gasteiger partial charge < -0.3 is 23.8 Å². The molecule has 0 bridgehead atoms. The van der Waals surface area contributed by atoms with Gasteiger partial charge in [-0.3, -0.25) is 0 Å². The molecule has 1 aliphatic carbocycles. The molecule has 31 heavy (non-hydrogen) atoms. The molecule has 0 radical (unpaired) electrons. The van der Waals surface area contributed by atoms with Gasteiger partial charge in [0.25, 0.3) is 0 Å². The van der Waals surface area contributed by atoms with Crippen LogP contribution in [0.25, 0.3) is 0 Å². The third-order valence-corrected chi connectivity index (χ3v) is 6.23. The van der Waals surface area contributed by atoms with Crippen molar-refractivity contribution >= 4 is 0 Å². The molecular weight excluding hydrogens is 390 g/mol. The van der Waals surface area contributed by atoms with Crippen LogP contribution in [0.1, 0.15) is 17.5 Å². The predicted octanol–water partition coefficient (Wildman–Crippen LogP) is 4.67. The summed E-state index contributed by atoms with van der Waals surface area (Å²) in [6.07, 6.45) is 10.6. The van der Waals surface area contributed by atoms with Gasteiger partial charge in [-0.1, -0.05) is 36.4 Å². The van der Waals surface area contributed by atoms with Gasteiger partial charge in [0.2, 0.25) is 5.75 Å². The molecule has 0 saturated heterocycles. The van der Waals surface area contributed by atoms with Crippen molar-refractivity contribution in [3.63, 3.8) is 0 Å². The van der Waals surface area contributed by atoms with E-state index < -0.39 is 0 Å². The van der Waals surface area contributed by atoms with Gasteiger partial charge >= 0.3 is 0 Å². The molecule has 1 atom stereocenters. The van der Waals surface area contributed by atoms with Gasteiger partial charge in [0.15, 0.2) is 17.1 Å². The number of hydrogen-bond donors (Lipinski definition) is 0. The quantitative estimate of drug-likeness (QED) is 0.707. The van der Waals surface area contributed by atoms with Crippen molar-refractivity contribution in [3.05, 3.63) is 83.1 Å². The molecule has 160 valence electrons. The smallest absolute Gasteiger partial charge is 0.203 e. The Balaban J connectivity index is 1.49. The molecule has 1 spiro atoms. The molecule has 2 aromatic carbocycles. The number of fused-ring (bicyclic) bond motifs is 3. The first-order valence-electron chi connectivity index (χ1n) is 10.5. The SMILES string of the molecule is COc1cc(CN2C=C3CC=CC=C3C3(Cc4ccccc4O3)C2)cc(OC)c1OC. The van der Waals surface area contributed by atoms with Gasteiger partial charge in [-0.2, -0.15) is 0 Å². The van der Waals surface area contributed by atoms with E-state index >= 15 is 0 Å². The van der Waals surface area contributed by atoms with Crippen LogP contribution in [-0.4, -0.2) is 38.4 Å². The van der Waals surface area contributed by atoms with Crippen LogP contribution < -0.4 is 18.9 Å². The molecule has 0 N–H and O–H groups in total. The first-order chi connectivity index (χ1) is 15.2. The highest BCUT2D eigenvalue weighted by Crippen LogP contribution is 2.46. The summed E-state index contributed by atoms with van der Waals surface area (Å²) < 4.78 is 23.2. The maximum Gasteiger partial charge on any atom is 0.203 e. The second-order valence-corrected chi connectivity index (χ2v) is 8.19. The number of methoxy groups -OCH3 is 3. The van der Waals surface area contributed by atoms with Crippen LogP contribution in [0.4, 0.5) is 0 Å². The number of nitrogens with zero attached hydrogens (tertiary/aromatic N) is 1. The van der Waals surface area contributed by atoms with Crippen LogP contribution in [0.2, 0.25) is 0 Å². The Morgan fingerprint density at radius 3 is 2.52 bits per heavy atom. The molecule has 2 aromatic rings. The maximum atomic E-state index is 6.65. The van der Waals surface area contributed by atoms with Crippen molar-refractivity contribution in [1.29, 1.82) is 0 Å². The molecule has 0 amide bonds. The molecule has 1 unspecified atom stereocenters. The second kappa shape index (κ2) is 7.73. The van der Waals surface area contributed by atoms with Crippen LogP contribution >= 0.6 is 0 Å². The maximum absolute atomic E-state index is 6.65. The van der Waals surface area contributed by atoms with E-state index in [9.17, 15) is 0 Å². The van der Waals surface area contributed by atoms with Crippen LogP contribution in [0, 0.1) is 0 Å². The largest absolute Gasteiger partial charge is 0.493 e. The lowest BCUT2D eigenvalue weighted by atomic mass is 9.79. The lowest BCUT2D eigenvalue weighted by molar-refractivity contribution is 0.0874. The molecule has 5 heteroatoms. The van der Waals surface area contributed by atoms with E-state index in [1.54, 1.807) is 21.3 Å². The highest BCUT2D eigenvalue weighted by molar-refractivity contribution is 5.55. The molecule has 3 aliphatic rings. The second-order valence-electron chi connectivity index (χ2n) is 8.19. The number of ether oxygens (including phenoxy) is 4. The van der Waals surface area contributed by atoms with E-state index in [0.717, 1.165) is 37.2 Å². The predicted molar refractivity (Wildman–Crippen MR) is 120 cm³/mol. The van der Waals surface area contributed by atoms with Crippen molar-refractivity contribution in [2.75, 3.05) is 27.9 Å². The number of para-hydroxylation sites is 1. The van der Waals surface area contributed by atoms with Crippen LogP contribution in [0.5, 0.6) is 23.0 Å². The third-order valence-electron chi connectivity index (χ3n) is 6.23. The van der Waals surface area contributed by atoms with Gasteiger partial charge in [-0.05, 0) is 41.3 Å². The minimum atomic E-state index is -0.362. The average Bonchev–Trinajstić information content (AvgIpc) is 3.16. The highest BCUT2D eigenvalue weighted by atomic mass is 16.5. The van der Waals surface area contributed by atoms with Gasteiger partial charge in [-0.15, -0.1) is 0 Å². The molecule has 2 aliphatic heterocycles. The fourth-order valence-corrected chi connectivity index (χ4v) is 4.93. The number of allylic oxidation sites excluding steroid dienone is 3. The zero-order chi connectivity index (χ0) is 21.4. The normalized spacial score (nSPS) is 21.1. The van der Waals surface area contributed by atoms with E-state index in [-0.39, 0.29) is 5.60 Å². The zero-order valence-corrected chi connectivity index (χ0v) is 18.2.